The van der Waals surface area contributed by atoms with E-state index < -0.39 is 0 Å². The van der Waals surface area contributed by atoms with E-state index in [2.05, 4.69) is 31.2 Å². The first-order valence-electron chi connectivity index (χ1n) is 4.26. The summed E-state index contributed by atoms with van der Waals surface area (Å²) in [4.78, 5) is 0. The lowest BCUT2D eigenvalue weighted by atomic mass is 9.88. The molecule has 3 rings (SSSR count). The second-order valence-corrected chi connectivity index (χ2v) is 3.37. The molecule has 0 N–H and O–H groups in total. The van der Waals surface area contributed by atoms with Crippen molar-refractivity contribution in [3.63, 3.8) is 0 Å². The molecule has 0 aliphatic heterocycles. The van der Waals surface area contributed by atoms with E-state index in [1.54, 1.807) is 11.1 Å². The van der Waals surface area contributed by atoms with Crippen LogP contribution in [0.15, 0.2) is 46.6 Å². The fourth-order valence-corrected chi connectivity index (χ4v) is 2.23. The van der Waals surface area contributed by atoms with Gasteiger partial charge in [-0.05, 0) is 28.7 Å². The van der Waals surface area contributed by atoms with Crippen LogP contribution in [0.2, 0.25) is 0 Å². The van der Waals surface area contributed by atoms with Crippen LogP contribution in [0.25, 0.3) is 0 Å². The van der Waals surface area contributed by atoms with Gasteiger partial charge < -0.3 is 0 Å². The Balaban J connectivity index is 2.10. The summed E-state index contributed by atoms with van der Waals surface area (Å²) in [7, 11) is 0. The monoisotopic (exact) mass is 142 g/mol. The number of rotatable bonds is 1. The first-order valence-corrected chi connectivity index (χ1v) is 4.26. The standard InChI is InChI=1S/C11H10/c1-2-7-8-3-5-10(8)11-6-4-9(7)11/h3-7H,2H2,1H3. The molecule has 0 heteroatoms. The molecule has 0 aromatic heterocycles. The van der Waals surface area contributed by atoms with Crippen molar-refractivity contribution < 1.29 is 0 Å². The Bertz CT molecular complexity index is 348. The topological polar surface area (TPSA) is 0 Å². The van der Waals surface area contributed by atoms with Gasteiger partial charge in [0.1, 0.15) is 0 Å². The van der Waals surface area contributed by atoms with Gasteiger partial charge in [-0.3, -0.25) is 0 Å². The maximum absolute atomic E-state index is 2.27. The van der Waals surface area contributed by atoms with Crippen LogP contribution in [0.1, 0.15) is 13.3 Å². The van der Waals surface area contributed by atoms with E-state index in [1.165, 1.54) is 17.6 Å². The molecule has 3 aliphatic rings. The summed E-state index contributed by atoms with van der Waals surface area (Å²) in [5.74, 6) is 0.745. The number of hydrogen-bond acceptors (Lipinski definition) is 0. The highest BCUT2D eigenvalue weighted by molar-refractivity contribution is 5.75. The number of allylic oxidation sites excluding steroid dienone is 8. The van der Waals surface area contributed by atoms with Crippen molar-refractivity contribution in [3.05, 3.63) is 46.6 Å². The summed E-state index contributed by atoms with van der Waals surface area (Å²) >= 11 is 0. The molecule has 0 amide bonds. The molecule has 0 aromatic carbocycles. The van der Waals surface area contributed by atoms with Gasteiger partial charge in [0.2, 0.25) is 0 Å². The normalized spacial score (nSPS) is 30.1. The molecule has 0 saturated heterocycles. The summed E-state index contributed by atoms with van der Waals surface area (Å²) in [6, 6.07) is 0. The lowest BCUT2D eigenvalue weighted by Gasteiger charge is -2.15. The molecule has 0 radical (unpaired) electrons. The molecule has 0 nitrogen and oxygen atoms in total. The Hall–Kier alpha value is -1.04. The van der Waals surface area contributed by atoms with Crippen LogP contribution in [-0.2, 0) is 0 Å². The smallest absolute Gasteiger partial charge is 0.00990 e. The van der Waals surface area contributed by atoms with E-state index >= 15 is 0 Å². The fraction of sp³-hybridized carbons (Fsp3) is 0.273. The zero-order chi connectivity index (χ0) is 7.42. The van der Waals surface area contributed by atoms with Crippen molar-refractivity contribution in [2.24, 2.45) is 5.92 Å². The molecule has 0 fully saturated rings. The summed E-state index contributed by atoms with van der Waals surface area (Å²) in [5, 5.41) is 0. The Labute approximate surface area is 66.6 Å². The average molecular weight is 142 g/mol. The first kappa shape index (κ1) is 5.59. The van der Waals surface area contributed by atoms with E-state index in [0.29, 0.717) is 0 Å². The molecular formula is C11H10. The predicted molar refractivity (Wildman–Crippen MR) is 46.1 cm³/mol. The van der Waals surface area contributed by atoms with Gasteiger partial charge in [0.05, 0.1) is 0 Å². The molecule has 3 aliphatic carbocycles. The van der Waals surface area contributed by atoms with E-state index in [0.717, 1.165) is 5.92 Å². The maximum Gasteiger partial charge on any atom is 0.00990 e. The Kier molecular flexibility index (Phi) is 0.803. The van der Waals surface area contributed by atoms with Crippen molar-refractivity contribution in [1.82, 2.24) is 0 Å². The van der Waals surface area contributed by atoms with Crippen molar-refractivity contribution in [2.75, 3.05) is 0 Å². The quantitative estimate of drug-likeness (QED) is 0.528. The van der Waals surface area contributed by atoms with Crippen LogP contribution in [0.3, 0.4) is 0 Å². The molecule has 0 heterocycles. The predicted octanol–water partition coefficient (Wildman–Crippen LogP) is 2.76. The van der Waals surface area contributed by atoms with Crippen molar-refractivity contribution >= 4 is 0 Å². The zero-order valence-electron chi connectivity index (χ0n) is 6.59. The van der Waals surface area contributed by atoms with Crippen LogP contribution in [0.4, 0.5) is 0 Å². The third-order valence-corrected chi connectivity index (χ3v) is 2.93. The van der Waals surface area contributed by atoms with Crippen LogP contribution >= 0.6 is 0 Å². The summed E-state index contributed by atoms with van der Waals surface area (Å²) < 4.78 is 0. The molecular weight excluding hydrogens is 132 g/mol. The lowest BCUT2D eigenvalue weighted by molar-refractivity contribution is 0.722. The van der Waals surface area contributed by atoms with Crippen molar-refractivity contribution in [1.29, 1.82) is 0 Å². The highest BCUT2D eigenvalue weighted by Gasteiger charge is 2.36. The van der Waals surface area contributed by atoms with Crippen molar-refractivity contribution in [2.45, 2.75) is 13.3 Å². The molecule has 0 spiro atoms. The van der Waals surface area contributed by atoms with Gasteiger partial charge >= 0.3 is 0 Å². The van der Waals surface area contributed by atoms with Crippen LogP contribution < -0.4 is 0 Å². The molecule has 0 aromatic rings. The van der Waals surface area contributed by atoms with E-state index in [-0.39, 0.29) is 0 Å². The van der Waals surface area contributed by atoms with Gasteiger partial charge in [-0.2, -0.15) is 0 Å². The summed E-state index contributed by atoms with van der Waals surface area (Å²) in [6.07, 6.45) is 10.3. The van der Waals surface area contributed by atoms with Gasteiger partial charge in [-0.15, -0.1) is 0 Å². The highest BCUT2D eigenvalue weighted by Crippen LogP contribution is 2.51. The molecule has 0 bridgehead atoms. The third-order valence-electron chi connectivity index (χ3n) is 2.93. The van der Waals surface area contributed by atoms with Gasteiger partial charge in [0, 0.05) is 5.92 Å². The minimum atomic E-state index is 0.745. The number of fused-ring (bicyclic) bond motifs is 2. The summed E-state index contributed by atoms with van der Waals surface area (Å²) in [6.45, 7) is 2.27. The summed E-state index contributed by atoms with van der Waals surface area (Å²) in [5.41, 5.74) is 6.22. The Morgan fingerprint density at radius 3 is 2.55 bits per heavy atom. The molecule has 11 heavy (non-hydrogen) atoms. The molecule has 0 saturated carbocycles. The second kappa shape index (κ2) is 1.58. The maximum atomic E-state index is 2.27. The Morgan fingerprint density at radius 2 is 2.18 bits per heavy atom. The highest BCUT2D eigenvalue weighted by atomic mass is 14.4. The van der Waals surface area contributed by atoms with Crippen molar-refractivity contribution in [3.8, 4) is 0 Å². The van der Waals surface area contributed by atoms with Gasteiger partial charge in [-0.25, -0.2) is 0 Å². The van der Waals surface area contributed by atoms with Gasteiger partial charge in [0.25, 0.3) is 0 Å². The van der Waals surface area contributed by atoms with E-state index in [1.807, 2.05) is 0 Å². The first-order chi connectivity index (χ1) is 5.42. The van der Waals surface area contributed by atoms with Crippen LogP contribution in [0, 0.1) is 5.92 Å². The minimum Gasteiger partial charge on any atom is -0.0645 e. The van der Waals surface area contributed by atoms with Crippen LogP contribution in [-0.4, -0.2) is 0 Å². The van der Waals surface area contributed by atoms with Gasteiger partial charge in [-0.1, -0.05) is 31.2 Å². The Morgan fingerprint density at radius 1 is 1.27 bits per heavy atom. The SMILES string of the molecule is CCC1C2=CC=C2C2=C1C=C2. The zero-order valence-corrected chi connectivity index (χ0v) is 6.59. The largest absolute Gasteiger partial charge is 0.0645 e. The van der Waals surface area contributed by atoms with Gasteiger partial charge in [0.15, 0.2) is 0 Å². The fourth-order valence-electron chi connectivity index (χ4n) is 2.23. The molecule has 1 unspecified atom stereocenters. The second-order valence-electron chi connectivity index (χ2n) is 3.37. The minimum absolute atomic E-state index is 0.745. The average Bonchev–Trinajstić information content (AvgIpc) is 2.05. The third kappa shape index (κ3) is 0.453. The van der Waals surface area contributed by atoms with E-state index in [4.69, 9.17) is 0 Å². The lowest BCUT2D eigenvalue weighted by Crippen LogP contribution is -2.02. The molecule has 1 atom stereocenters. The number of hydrogen-bond donors (Lipinski definition) is 0. The van der Waals surface area contributed by atoms with Crippen LogP contribution in [0.5, 0.6) is 0 Å². The molecule has 54 valence electrons. The van der Waals surface area contributed by atoms with E-state index in [9.17, 15) is 0 Å².